The Labute approximate surface area is 170 Å². The molecule has 0 radical (unpaired) electrons. The molecule has 0 spiro atoms. The summed E-state index contributed by atoms with van der Waals surface area (Å²) in [5.41, 5.74) is 1.19. The Kier molecular flexibility index (Phi) is 9.97. The molecule has 1 aromatic carbocycles. The Balaban J connectivity index is 1.73. The van der Waals surface area contributed by atoms with E-state index in [4.69, 9.17) is 14.2 Å². The highest BCUT2D eigenvalue weighted by Crippen LogP contribution is 2.30. The molecule has 1 unspecified atom stereocenters. The zero-order valence-electron chi connectivity index (χ0n) is 17.9. The quantitative estimate of drug-likeness (QED) is 0.447. The molecule has 0 bridgehead atoms. The first-order valence-electron chi connectivity index (χ1n) is 10.5. The smallest absolute Gasteiger partial charge is 0.190 e. The molecule has 0 saturated heterocycles. The third kappa shape index (κ3) is 6.89. The van der Waals surface area contributed by atoms with Crippen LogP contribution in [0, 0.1) is 5.92 Å². The summed E-state index contributed by atoms with van der Waals surface area (Å²) in [5.74, 6) is 3.07. The molecule has 0 heterocycles. The maximum Gasteiger partial charge on any atom is 0.190 e. The summed E-state index contributed by atoms with van der Waals surface area (Å²) in [7, 11) is 5.12. The molecule has 6 heteroatoms. The van der Waals surface area contributed by atoms with Crippen LogP contribution in [0.25, 0.3) is 0 Å². The summed E-state index contributed by atoms with van der Waals surface area (Å²) in [6.07, 6.45) is 7.58. The first-order valence-corrected chi connectivity index (χ1v) is 10.5. The van der Waals surface area contributed by atoms with Gasteiger partial charge in [-0.05, 0) is 56.2 Å². The lowest BCUT2D eigenvalue weighted by atomic mass is 9.98. The van der Waals surface area contributed by atoms with Crippen molar-refractivity contribution in [1.29, 1.82) is 0 Å². The number of nitrogens with zero attached hydrogens (tertiary/aromatic N) is 1. The number of nitrogens with one attached hydrogen (secondary N) is 2. The fraction of sp³-hybridized carbons (Fsp3) is 0.682. The predicted molar refractivity (Wildman–Crippen MR) is 115 cm³/mol. The zero-order valence-corrected chi connectivity index (χ0v) is 17.9. The molecule has 6 nitrogen and oxygen atoms in total. The molecular formula is C22H37N3O3. The monoisotopic (exact) mass is 391 g/mol. The summed E-state index contributed by atoms with van der Waals surface area (Å²) in [6, 6.07) is 6.02. The van der Waals surface area contributed by atoms with E-state index < -0.39 is 0 Å². The number of rotatable bonds is 11. The van der Waals surface area contributed by atoms with Gasteiger partial charge in [0, 0.05) is 26.7 Å². The van der Waals surface area contributed by atoms with Crippen molar-refractivity contribution in [3.05, 3.63) is 23.8 Å². The van der Waals surface area contributed by atoms with Crippen molar-refractivity contribution in [2.45, 2.75) is 51.6 Å². The van der Waals surface area contributed by atoms with E-state index in [0.29, 0.717) is 6.10 Å². The van der Waals surface area contributed by atoms with Crippen LogP contribution in [0.5, 0.6) is 11.5 Å². The second kappa shape index (κ2) is 12.5. The maximum absolute atomic E-state index is 6.00. The van der Waals surface area contributed by atoms with E-state index in [1.54, 1.807) is 14.2 Å². The SMILES string of the molecule is CCOC(CCNC(=NC)NCCc1ccc(OC)c(OC)c1)C1CCCC1. The van der Waals surface area contributed by atoms with Gasteiger partial charge in [0.05, 0.1) is 20.3 Å². The predicted octanol–water partition coefficient (Wildman–Crippen LogP) is 3.40. The molecular weight excluding hydrogens is 354 g/mol. The number of ether oxygens (including phenoxy) is 3. The molecule has 1 fully saturated rings. The molecule has 1 aromatic rings. The van der Waals surface area contributed by atoms with Gasteiger partial charge in [0.2, 0.25) is 0 Å². The van der Waals surface area contributed by atoms with Gasteiger partial charge in [0.25, 0.3) is 0 Å². The Morgan fingerprint density at radius 1 is 1.11 bits per heavy atom. The lowest BCUT2D eigenvalue weighted by Crippen LogP contribution is -2.40. The van der Waals surface area contributed by atoms with Gasteiger partial charge in [-0.3, -0.25) is 4.99 Å². The minimum atomic E-state index is 0.366. The molecule has 28 heavy (non-hydrogen) atoms. The van der Waals surface area contributed by atoms with Gasteiger partial charge < -0.3 is 24.8 Å². The van der Waals surface area contributed by atoms with E-state index in [0.717, 1.165) is 55.9 Å². The Morgan fingerprint density at radius 3 is 2.46 bits per heavy atom. The lowest BCUT2D eigenvalue weighted by molar-refractivity contribution is 0.0169. The van der Waals surface area contributed by atoms with Crippen molar-refractivity contribution in [3.8, 4) is 11.5 Å². The van der Waals surface area contributed by atoms with Crippen LogP contribution in [-0.2, 0) is 11.2 Å². The summed E-state index contributed by atoms with van der Waals surface area (Å²) in [5, 5.41) is 6.81. The highest BCUT2D eigenvalue weighted by atomic mass is 16.5. The molecule has 1 atom stereocenters. The minimum absolute atomic E-state index is 0.366. The standard InChI is InChI=1S/C22H37N3O3/c1-5-28-19(18-8-6-7-9-18)13-15-25-22(23-2)24-14-12-17-10-11-20(26-3)21(16-17)27-4/h10-11,16,18-19H,5-9,12-15H2,1-4H3,(H2,23,24,25). The topological polar surface area (TPSA) is 64.1 Å². The number of guanidine groups is 1. The van der Waals surface area contributed by atoms with Crippen LogP contribution in [-0.4, -0.2) is 53.0 Å². The normalized spacial score (nSPS) is 16.1. The van der Waals surface area contributed by atoms with Crippen LogP contribution in [0.3, 0.4) is 0 Å². The molecule has 2 N–H and O–H groups in total. The van der Waals surface area contributed by atoms with E-state index in [1.165, 1.54) is 31.2 Å². The van der Waals surface area contributed by atoms with E-state index in [2.05, 4.69) is 28.6 Å². The van der Waals surface area contributed by atoms with Gasteiger partial charge in [0.15, 0.2) is 17.5 Å². The largest absolute Gasteiger partial charge is 0.493 e. The van der Waals surface area contributed by atoms with Crippen molar-refractivity contribution < 1.29 is 14.2 Å². The van der Waals surface area contributed by atoms with Crippen molar-refractivity contribution in [1.82, 2.24) is 10.6 Å². The van der Waals surface area contributed by atoms with E-state index in [-0.39, 0.29) is 0 Å². The Hall–Kier alpha value is -1.95. The van der Waals surface area contributed by atoms with E-state index in [1.807, 2.05) is 19.2 Å². The third-order valence-corrected chi connectivity index (χ3v) is 5.41. The molecule has 0 aliphatic heterocycles. The van der Waals surface area contributed by atoms with Gasteiger partial charge >= 0.3 is 0 Å². The highest BCUT2D eigenvalue weighted by molar-refractivity contribution is 5.79. The van der Waals surface area contributed by atoms with Gasteiger partial charge in [-0.1, -0.05) is 18.9 Å². The van der Waals surface area contributed by atoms with Crippen LogP contribution in [0.1, 0.15) is 44.6 Å². The fourth-order valence-electron chi connectivity index (χ4n) is 3.91. The number of benzene rings is 1. The third-order valence-electron chi connectivity index (χ3n) is 5.41. The van der Waals surface area contributed by atoms with Crippen molar-refractivity contribution >= 4 is 5.96 Å². The van der Waals surface area contributed by atoms with Gasteiger partial charge in [0.1, 0.15) is 0 Å². The second-order valence-electron chi connectivity index (χ2n) is 7.19. The average molecular weight is 392 g/mol. The van der Waals surface area contributed by atoms with Crippen LogP contribution in [0.2, 0.25) is 0 Å². The summed E-state index contributed by atoms with van der Waals surface area (Å²) in [4.78, 5) is 4.33. The average Bonchev–Trinajstić information content (AvgIpc) is 3.26. The fourth-order valence-corrected chi connectivity index (χ4v) is 3.91. The second-order valence-corrected chi connectivity index (χ2v) is 7.19. The zero-order chi connectivity index (χ0) is 20.2. The molecule has 2 rings (SSSR count). The summed E-state index contributed by atoms with van der Waals surface area (Å²) in [6.45, 7) is 4.55. The van der Waals surface area contributed by atoms with Crippen molar-refractivity contribution in [3.63, 3.8) is 0 Å². The van der Waals surface area contributed by atoms with Crippen LogP contribution in [0.4, 0.5) is 0 Å². The van der Waals surface area contributed by atoms with Gasteiger partial charge in [-0.15, -0.1) is 0 Å². The van der Waals surface area contributed by atoms with Crippen LogP contribution in [0.15, 0.2) is 23.2 Å². The van der Waals surface area contributed by atoms with Crippen LogP contribution >= 0.6 is 0 Å². The lowest BCUT2D eigenvalue weighted by Gasteiger charge is -2.24. The number of hydrogen-bond acceptors (Lipinski definition) is 4. The number of methoxy groups -OCH3 is 2. The number of aliphatic imine (C=N–C) groups is 1. The first kappa shape index (κ1) is 22.3. The van der Waals surface area contributed by atoms with Crippen LogP contribution < -0.4 is 20.1 Å². The Morgan fingerprint density at radius 2 is 1.82 bits per heavy atom. The summed E-state index contributed by atoms with van der Waals surface area (Å²) < 4.78 is 16.7. The highest BCUT2D eigenvalue weighted by Gasteiger charge is 2.25. The Bertz CT molecular complexity index is 601. The molecule has 1 aliphatic carbocycles. The van der Waals surface area contributed by atoms with Gasteiger partial charge in [-0.25, -0.2) is 0 Å². The van der Waals surface area contributed by atoms with Gasteiger partial charge in [-0.2, -0.15) is 0 Å². The maximum atomic E-state index is 6.00. The summed E-state index contributed by atoms with van der Waals surface area (Å²) >= 11 is 0. The van der Waals surface area contributed by atoms with E-state index >= 15 is 0 Å². The first-order chi connectivity index (χ1) is 13.7. The molecule has 0 aromatic heterocycles. The van der Waals surface area contributed by atoms with Crippen molar-refractivity contribution in [2.24, 2.45) is 10.9 Å². The van der Waals surface area contributed by atoms with Crippen molar-refractivity contribution in [2.75, 3.05) is 41.0 Å². The number of hydrogen-bond donors (Lipinski definition) is 2. The van der Waals surface area contributed by atoms with E-state index in [9.17, 15) is 0 Å². The molecule has 1 aliphatic rings. The molecule has 0 amide bonds. The molecule has 158 valence electrons. The molecule has 1 saturated carbocycles. The minimum Gasteiger partial charge on any atom is -0.493 e.